The summed E-state index contributed by atoms with van der Waals surface area (Å²) in [6, 6.07) is -0.240. The standard InChI is InChI=1S/C9H9N3O3S/c13-8(7-4-10-16-12-7)11-6-2-1-5(3-6)9(14)15/h1-2,4-6H,3H2,(H,11,13)(H,14,15). The van der Waals surface area contributed by atoms with Crippen LogP contribution in [0.2, 0.25) is 0 Å². The monoisotopic (exact) mass is 239 g/mol. The number of hydrogen-bond acceptors (Lipinski definition) is 5. The summed E-state index contributed by atoms with van der Waals surface area (Å²) in [5, 5.41) is 11.4. The minimum absolute atomic E-state index is 0.240. The number of carbonyl (C=O) groups excluding carboxylic acids is 1. The van der Waals surface area contributed by atoms with Gasteiger partial charge >= 0.3 is 5.97 Å². The van der Waals surface area contributed by atoms with Gasteiger partial charge in [-0.25, -0.2) is 0 Å². The lowest BCUT2D eigenvalue weighted by molar-refractivity contribution is -0.140. The van der Waals surface area contributed by atoms with Gasteiger partial charge in [-0.15, -0.1) is 0 Å². The van der Waals surface area contributed by atoms with Crippen molar-refractivity contribution in [3.63, 3.8) is 0 Å². The molecule has 2 rings (SSSR count). The van der Waals surface area contributed by atoms with E-state index >= 15 is 0 Å². The second kappa shape index (κ2) is 4.40. The van der Waals surface area contributed by atoms with Gasteiger partial charge in [0.1, 0.15) is 0 Å². The smallest absolute Gasteiger partial charge is 0.310 e. The molecule has 7 heteroatoms. The number of aliphatic carboxylic acids is 1. The summed E-state index contributed by atoms with van der Waals surface area (Å²) in [4.78, 5) is 22.2. The SMILES string of the molecule is O=C(NC1C=CC(C(=O)O)C1)c1cnsn1. The van der Waals surface area contributed by atoms with Gasteiger partial charge in [0, 0.05) is 6.04 Å². The largest absolute Gasteiger partial charge is 0.481 e. The lowest BCUT2D eigenvalue weighted by Crippen LogP contribution is -2.33. The van der Waals surface area contributed by atoms with Crippen molar-refractivity contribution >= 4 is 23.6 Å². The summed E-state index contributed by atoms with van der Waals surface area (Å²) in [5.74, 6) is -1.71. The molecule has 0 bridgehead atoms. The fraction of sp³-hybridized carbons (Fsp3) is 0.333. The zero-order valence-corrected chi connectivity index (χ0v) is 8.98. The number of nitrogens with zero attached hydrogens (tertiary/aromatic N) is 2. The lowest BCUT2D eigenvalue weighted by atomic mass is 10.1. The van der Waals surface area contributed by atoms with Crippen molar-refractivity contribution in [2.45, 2.75) is 12.5 Å². The average Bonchev–Trinajstić information content (AvgIpc) is 2.87. The van der Waals surface area contributed by atoms with Gasteiger partial charge in [-0.1, -0.05) is 12.2 Å². The molecule has 1 heterocycles. The van der Waals surface area contributed by atoms with E-state index in [1.54, 1.807) is 12.2 Å². The fourth-order valence-corrected chi connectivity index (χ4v) is 1.91. The van der Waals surface area contributed by atoms with Gasteiger partial charge in [0.05, 0.1) is 23.8 Å². The average molecular weight is 239 g/mol. The van der Waals surface area contributed by atoms with Crippen LogP contribution in [0.5, 0.6) is 0 Å². The number of hydrogen-bond donors (Lipinski definition) is 2. The predicted molar refractivity (Wildman–Crippen MR) is 56.0 cm³/mol. The molecule has 1 aliphatic rings. The van der Waals surface area contributed by atoms with Crippen LogP contribution in [-0.4, -0.2) is 31.8 Å². The molecule has 2 atom stereocenters. The molecule has 0 radical (unpaired) electrons. The van der Waals surface area contributed by atoms with E-state index in [0.29, 0.717) is 6.42 Å². The molecule has 0 fully saturated rings. The number of amides is 1. The fourth-order valence-electron chi connectivity index (χ4n) is 1.50. The van der Waals surface area contributed by atoms with Crippen molar-refractivity contribution in [3.8, 4) is 0 Å². The van der Waals surface area contributed by atoms with E-state index in [1.807, 2.05) is 0 Å². The lowest BCUT2D eigenvalue weighted by Gasteiger charge is -2.10. The molecular weight excluding hydrogens is 230 g/mol. The molecule has 1 aliphatic carbocycles. The first kappa shape index (κ1) is 10.7. The highest BCUT2D eigenvalue weighted by molar-refractivity contribution is 6.99. The van der Waals surface area contributed by atoms with Crippen LogP contribution in [0.4, 0.5) is 0 Å². The van der Waals surface area contributed by atoms with Gasteiger partial charge in [0.2, 0.25) is 0 Å². The maximum absolute atomic E-state index is 11.6. The number of nitrogens with one attached hydrogen (secondary N) is 1. The second-order valence-corrected chi connectivity index (χ2v) is 3.99. The number of rotatable bonds is 3. The Morgan fingerprint density at radius 1 is 1.50 bits per heavy atom. The van der Waals surface area contributed by atoms with Crippen molar-refractivity contribution in [1.82, 2.24) is 14.1 Å². The molecule has 84 valence electrons. The molecular formula is C9H9N3O3S. The third kappa shape index (κ3) is 2.25. The molecule has 0 saturated heterocycles. The number of carboxylic acids is 1. The van der Waals surface area contributed by atoms with Gasteiger partial charge in [0.15, 0.2) is 5.69 Å². The Hall–Kier alpha value is -1.76. The highest BCUT2D eigenvalue weighted by Crippen LogP contribution is 2.18. The van der Waals surface area contributed by atoms with Gasteiger partial charge in [-0.2, -0.15) is 8.75 Å². The Balaban J connectivity index is 1.91. The van der Waals surface area contributed by atoms with Crippen molar-refractivity contribution in [2.75, 3.05) is 0 Å². The summed E-state index contributed by atoms with van der Waals surface area (Å²) in [6.07, 6.45) is 5.05. The van der Waals surface area contributed by atoms with Crippen LogP contribution in [0.25, 0.3) is 0 Å². The van der Waals surface area contributed by atoms with Crippen LogP contribution in [0, 0.1) is 5.92 Å². The highest BCUT2D eigenvalue weighted by Gasteiger charge is 2.25. The Labute approximate surface area is 95.3 Å². The van der Waals surface area contributed by atoms with E-state index < -0.39 is 11.9 Å². The predicted octanol–water partition coefficient (Wildman–Crippen LogP) is 0.297. The minimum atomic E-state index is -0.872. The number of carbonyl (C=O) groups is 2. The second-order valence-electron chi connectivity index (χ2n) is 3.44. The van der Waals surface area contributed by atoms with Crippen LogP contribution in [0.1, 0.15) is 16.9 Å². The van der Waals surface area contributed by atoms with Crippen molar-refractivity contribution in [3.05, 3.63) is 24.0 Å². The van der Waals surface area contributed by atoms with Gasteiger partial charge in [0.25, 0.3) is 5.91 Å². The Morgan fingerprint density at radius 2 is 2.31 bits per heavy atom. The van der Waals surface area contributed by atoms with Crippen LogP contribution in [0.3, 0.4) is 0 Å². The maximum Gasteiger partial charge on any atom is 0.310 e. The van der Waals surface area contributed by atoms with Crippen LogP contribution >= 0.6 is 11.7 Å². The Morgan fingerprint density at radius 3 is 2.88 bits per heavy atom. The summed E-state index contributed by atoms with van der Waals surface area (Å²) in [5.41, 5.74) is 0.261. The number of aromatic nitrogens is 2. The molecule has 2 N–H and O–H groups in total. The van der Waals surface area contributed by atoms with Gasteiger partial charge in [-0.3, -0.25) is 9.59 Å². The molecule has 1 amide bonds. The topological polar surface area (TPSA) is 92.2 Å². The Kier molecular flexibility index (Phi) is 2.95. The molecule has 0 spiro atoms. The van der Waals surface area contributed by atoms with E-state index in [9.17, 15) is 9.59 Å². The van der Waals surface area contributed by atoms with E-state index in [1.165, 1.54) is 6.20 Å². The molecule has 0 aromatic carbocycles. The molecule has 2 unspecified atom stereocenters. The molecule has 1 aromatic heterocycles. The molecule has 0 saturated carbocycles. The van der Waals surface area contributed by atoms with Crippen molar-refractivity contribution < 1.29 is 14.7 Å². The van der Waals surface area contributed by atoms with E-state index in [-0.39, 0.29) is 17.6 Å². The Bertz CT molecular complexity index is 429. The van der Waals surface area contributed by atoms with Crippen LogP contribution in [0.15, 0.2) is 18.3 Å². The summed E-state index contributed by atoms with van der Waals surface area (Å²) in [7, 11) is 0. The summed E-state index contributed by atoms with van der Waals surface area (Å²) in [6.45, 7) is 0. The summed E-state index contributed by atoms with van der Waals surface area (Å²) < 4.78 is 7.51. The molecule has 1 aromatic rings. The first-order chi connectivity index (χ1) is 7.66. The van der Waals surface area contributed by atoms with Gasteiger partial charge in [-0.05, 0) is 6.42 Å². The van der Waals surface area contributed by atoms with Gasteiger partial charge < -0.3 is 10.4 Å². The van der Waals surface area contributed by atoms with Crippen LogP contribution < -0.4 is 5.32 Å². The van der Waals surface area contributed by atoms with Crippen LogP contribution in [-0.2, 0) is 4.79 Å². The number of carboxylic acid groups (broad SMARTS) is 1. The van der Waals surface area contributed by atoms with E-state index in [0.717, 1.165) is 11.7 Å². The first-order valence-electron chi connectivity index (χ1n) is 4.66. The molecule has 0 aliphatic heterocycles. The van der Waals surface area contributed by atoms with Crippen molar-refractivity contribution in [2.24, 2.45) is 5.92 Å². The van der Waals surface area contributed by atoms with Crippen molar-refractivity contribution in [1.29, 1.82) is 0 Å². The quantitative estimate of drug-likeness (QED) is 0.740. The zero-order chi connectivity index (χ0) is 11.5. The third-order valence-electron chi connectivity index (χ3n) is 2.31. The maximum atomic E-state index is 11.6. The molecule has 16 heavy (non-hydrogen) atoms. The minimum Gasteiger partial charge on any atom is -0.481 e. The third-order valence-corrected chi connectivity index (χ3v) is 2.79. The normalized spacial score (nSPS) is 23.2. The molecule has 6 nitrogen and oxygen atoms in total. The van der Waals surface area contributed by atoms with E-state index in [2.05, 4.69) is 14.1 Å². The first-order valence-corrected chi connectivity index (χ1v) is 5.39. The zero-order valence-electron chi connectivity index (χ0n) is 8.16. The highest BCUT2D eigenvalue weighted by atomic mass is 32.1. The van der Waals surface area contributed by atoms with E-state index in [4.69, 9.17) is 5.11 Å². The summed E-state index contributed by atoms with van der Waals surface area (Å²) >= 11 is 0.958.